The summed E-state index contributed by atoms with van der Waals surface area (Å²) in [7, 11) is -1.38. The summed E-state index contributed by atoms with van der Waals surface area (Å²) in [5.74, 6) is 1.58. The van der Waals surface area contributed by atoms with Gasteiger partial charge in [-0.15, -0.1) is 0 Å². The van der Waals surface area contributed by atoms with Crippen molar-refractivity contribution in [2.45, 2.75) is 20.0 Å². The Kier molecular flexibility index (Phi) is 5.02. The molecule has 0 atom stereocenters. The Labute approximate surface area is 159 Å². The van der Waals surface area contributed by atoms with Gasteiger partial charge in [-0.25, -0.2) is 0 Å². The molecule has 0 N–H and O–H groups in total. The molecule has 2 saturated heterocycles. The molecular formula is C17H24B2N2O6. The van der Waals surface area contributed by atoms with Crippen molar-refractivity contribution in [1.29, 1.82) is 0 Å². The Balaban J connectivity index is 1.62. The van der Waals surface area contributed by atoms with Gasteiger partial charge in [-0.1, -0.05) is 0 Å². The normalized spacial score (nSPS) is 24.0. The summed E-state index contributed by atoms with van der Waals surface area (Å²) in [6, 6.07) is 2.14. The fourth-order valence-electron chi connectivity index (χ4n) is 4.04. The van der Waals surface area contributed by atoms with Crippen LogP contribution < -0.4 is 9.31 Å². The van der Waals surface area contributed by atoms with Gasteiger partial charge in [-0.3, -0.25) is 9.80 Å². The molecule has 10 heteroatoms. The van der Waals surface area contributed by atoms with Gasteiger partial charge in [-0.05, 0) is 18.6 Å². The molecule has 27 heavy (non-hydrogen) atoms. The molecule has 0 saturated carbocycles. The summed E-state index contributed by atoms with van der Waals surface area (Å²) in [5, 5.41) is 0. The van der Waals surface area contributed by atoms with Gasteiger partial charge in [0.2, 0.25) is 0 Å². The van der Waals surface area contributed by atoms with Gasteiger partial charge in [0.25, 0.3) is 0 Å². The second-order valence-electron chi connectivity index (χ2n) is 7.34. The van der Waals surface area contributed by atoms with Crippen molar-refractivity contribution in [3.8, 4) is 11.5 Å². The Morgan fingerprint density at radius 2 is 1.26 bits per heavy atom. The lowest BCUT2D eigenvalue weighted by molar-refractivity contribution is 0.0804. The van der Waals surface area contributed by atoms with Crippen LogP contribution >= 0.6 is 0 Å². The van der Waals surface area contributed by atoms with Crippen LogP contribution in [0.4, 0.5) is 0 Å². The topological polar surface area (TPSA) is 61.9 Å². The molecule has 1 aromatic rings. The first-order valence-corrected chi connectivity index (χ1v) is 9.66. The Hall–Kier alpha value is -1.29. The minimum Gasteiger partial charge on any atom is -0.511 e. The maximum Gasteiger partial charge on any atom is 0.713 e. The fourth-order valence-corrected chi connectivity index (χ4v) is 4.04. The Morgan fingerprint density at radius 3 is 1.85 bits per heavy atom. The van der Waals surface area contributed by atoms with E-state index in [1.54, 1.807) is 0 Å². The van der Waals surface area contributed by atoms with Gasteiger partial charge in [0, 0.05) is 76.8 Å². The van der Waals surface area contributed by atoms with Gasteiger partial charge < -0.3 is 27.9 Å². The number of hydrogen-bond acceptors (Lipinski definition) is 8. The molecule has 0 unspecified atom stereocenters. The first kappa shape index (κ1) is 17.8. The molecule has 0 aromatic heterocycles. The number of hydrogen-bond donors (Lipinski definition) is 0. The summed E-state index contributed by atoms with van der Waals surface area (Å²) >= 11 is 0. The van der Waals surface area contributed by atoms with Crippen molar-refractivity contribution in [3.63, 3.8) is 0 Å². The van der Waals surface area contributed by atoms with Gasteiger partial charge in [0.15, 0.2) is 0 Å². The molecule has 0 radical (unpaired) electrons. The van der Waals surface area contributed by atoms with E-state index in [4.69, 9.17) is 27.9 Å². The van der Waals surface area contributed by atoms with Crippen molar-refractivity contribution in [3.05, 3.63) is 22.8 Å². The molecule has 6 heterocycles. The fraction of sp³-hybridized carbons (Fsp3) is 0.647. The van der Waals surface area contributed by atoms with Gasteiger partial charge in [0.1, 0.15) is 11.5 Å². The minimum atomic E-state index is -0.690. The van der Waals surface area contributed by atoms with E-state index in [-0.39, 0.29) is 0 Å². The van der Waals surface area contributed by atoms with Crippen molar-refractivity contribution >= 4 is 14.6 Å². The average molecular weight is 374 g/mol. The largest absolute Gasteiger partial charge is 0.713 e. The van der Waals surface area contributed by atoms with Crippen LogP contribution in [0, 0.1) is 6.92 Å². The number of fused-ring (bicyclic) bond motifs is 8. The van der Waals surface area contributed by atoms with E-state index in [0.717, 1.165) is 60.9 Å². The van der Waals surface area contributed by atoms with E-state index < -0.39 is 14.6 Å². The SMILES string of the molecule is Cc1cc2c(c3c1OB1OCCN(CCO1)C3)OB1OCCN(CCO1)C2. The number of nitrogens with zero attached hydrogens (tertiary/aromatic N) is 2. The van der Waals surface area contributed by atoms with Crippen molar-refractivity contribution < 1.29 is 27.9 Å². The third-order valence-corrected chi connectivity index (χ3v) is 5.44. The molecule has 4 bridgehead atoms. The third-order valence-electron chi connectivity index (χ3n) is 5.44. The second kappa shape index (κ2) is 7.62. The first-order chi connectivity index (χ1) is 13.3. The molecule has 0 spiro atoms. The summed E-state index contributed by atoms with van der Waals surface area (Å²) < 4.78 is 35.5. The molecule has 8 nitrogen and oxygen atoms in total. The van der Waals surface area contributed by atoms with E-state index in [1.807, 2.05) is 0 Å². The highest BCUT2D eigenvalue weighted by molar-refractivity contribution is 6.38. The molecule has 0 aliphatic carbocycles. The van der Waals surface area contributed by atoms with E-state index in [2.05, 4.69) is 22.8 Å². The lowest BCUT2D eigenvalue weighted by atomic mass is 10.00. The third kappa shape index (κ3) is 3.70. The molecular weight excluding hydrogens is 350 g/mol. The number of rotatable bonds is 0. The molecule has 0 amide bonds. The van der Waals surface area contributed by atoms with Crippen molar-refractivity contribution in [1.82, 2.24) is 9.80 Å². The predicted octanol–water partition coefficient (Wildman–Crippen LogP) is 0.447. The van der Waals surface area contributed by atoms with Crippen molar-refractivity contribution in [2.24, 2.45) is 0 Å². The highest BCUT2D eigenvalue weighted by atomic mass is 16.7. The zero-order valence-corrected chi connectivity index (χ0v) is 15.6. The predicted molar refractivity (Wildman–Crippen MR) is 98.3 cm³/mol. The van der Waals surface area contributed by atoms with Crippen LogP contribution in [0.15, 0.2) is 6.07 Å². The molecule has 6 aliphatic heterocycles. The number of benzene rings is 1. The zero-order valence-electron chi connectivity index (χ0n) is 15.6. The van der Waals surface area contributed by atoms with Crippen LogP contribution in [0.25, 0.3) is 0 Å². The Bertz CT molecular complexity index is 688. The number of aryl methyl sites for hydroxylation is 1. The van der Waals surface area contributed by atoms with E-state index in [9.17, 15) is 0 Å². The molecule has 1 aromatic carbocycles. The maximum atomic E-state index is 6.26. The zero-order chi connectivity index (χ0) is 18.2. The van der Waals surface area contributed by atoms with Crippen LogP contribution in [0.5, 0.6) is 11.5 Å². The average Bonchev–Trinajstić information content (AvgIpc) is 2.83. The highest BCUT2D eigenvalue weighted by Crippen LogP contribution is 2.39. The second-order valence-corrected chi connectivity index (χ2v) is 7.34. The van der Waals surface area contributed by atoms with Gasteiger partial charge in [0.05, 0.1) is 0 Å². The Morgan fingerprint density at radius 1 is 0.741 bits per heavy atom. The lowest BCUT2D eigenvalue weighted by Crippen LogP contribution is -2.39. The van der Waals surface area contributed by atoms with E-state index in [0.29, 0.717) is 33.0 Å². The van der Waals surface area contributed by atoms with Crippen LogP contribution in [-0.4, -0.2) is 77.0 Å². The molecule has 6 aliphatic rings. The van der Waals surface area contributed by atoms with E-state index >= 15 is 0 Å². The van der Waals surface area contributed by atoms with Crippen LogP contribution in [0.3, 0.4) is 0 Å². The lowest BCUT2D eigenvalue weighted by Gasteiger charge is -2.25. The summed E-state index contributed by atoms with van der Waals surface area (Å²) in [6.07, 6.45) is 0. The summed E-state index contributed by atoms with van der Waals surface area (Å²) in [4.78, 5) is 4.66. The molecule has 2 fully saturated rings. The van der Waals surface area contributed by atoms with Gasteiger partial charge >= 0.3 is 14.6 Å². The molecule has 144 valence electrons. The van der Waals surface area contributed by atoms with Crippen molar-refractivity contribution in [2.75, 3.05) is 52.6 Å². The van der Waals surface area contributed by atoms with Crippen LogP contribution in [0.1, 0.15) is 16.7 Å². The van der Waals surface area contributed by atoms with Crippen LogP contribution in [-0.2, 0) is 31.7 Å². The quantitative estimate of drug-likeness (QED) is 0.607. The first-order valence-electron chi connectivity index (χ1n) is 9.66. The maximum absolute atomic E-state index is 6.26. The van der Waals surface area contributed by atoms with Gasteiger partial charge in [-0.2, -0.15) is 0 Å². The van der Waals surface area contributed by atoms with Crippen LogP contribution in [0.2, 0.25) is 0 Å². The van der Waals surface area contributed by atoms with E-state index in [1.165, 1.54) is 0 Å². The summed E-state index contributed by atoms with van der Waals surface area (Å²) in [5.41, 5.74) is 3.23. The minimum absolute atomic E-state index is 0.573. The summed E-state index contributed by atoms with van der Waals surface area (Å²) in [6.45, 7) is 9.30. The smallest absolute Gasteiger partial charge is 0.511 e. The highest BCUT2D eigenvalue weighted by Gasteiger charge is 2.36. The monoisotopic (exact) mass is 374 g/mol. The molecule has 7 rings (SSSR count). The standard InChI is InChI=1S/C17H24B2N2O6/c1-13-10-14-11-20-2-6-24-19(25-7-3-20)27-17(14)15-12-21-4-8-22-18(23-9-5-21)26-16(13)15/h10H,2-9,11-12H2,1H3.